The van der Waals surface area contributed by atoms with E-state index in [2.05, 4.69) is 10.3 Å². The van der Waals surface area contributed by atoms with E-state index in [0.717, 1.165) is 5.56 Å². The van der Waals surface area contributed by atoms with E-state index in [-0.39, 0.29) is 41.3 Å². The Balaban J connectivity index is 2.21. The topological polar surface area (TPSA) is 114 Å². The first-order valence-electron chi connectivity index (χ1n) is 10.2. The number of nitrogens with one attached hydrogen (secondary N) is 1. The van der Waals surface area contributed by atoms with E-state index in [9.17, 15) is 24.2 Å². The molecule has 3 N–H and O–H groups in total. The summed E-state index contributed by atoms with van der Waals surface area (Å²) in [7, 11) is 1.43. The summed E-state index contributed by atoms with van der Waals surface area (Å²) in [5.41, 5.74) is 0.293. The highest BCUT2D eigenvalue weighted by atomic mass is 19.1. The maximum absolute atomic E-state index is 13.3. The summed E-state index contributed by atoms with van der Waals surface area (Å²) in [4.78, 5) is 29.2. The minimum absolute atomic E-state index is 0.0589. The average molecular weight is 443 g/mol. The summed E-state index contributed by atoms with van der Waals surface area (Å²) < 4.78 is 20.2. The van der Waals surface area contributed by atoms with E-state index in [1.54, 1.807) is 12.1 Å². The molecule has 32 heavy (non-hydrogen) atoms. The molecule has 0 unspecified atom stereocenters. The number of fused-ring (bicyclic) bond motifs is 1. The lowest BCUT2D eigenvalue weighted by Gasteiger charge is -2.25. The zero-order valence-electron chi connectivity index (χ0n) is 18.3. The summed E-state index contributed by atoms with van der Waals surface area (Å²) in [6.07, 6.45) is 1.22. The second kappa shape index (κ2) is 9.35. The Morgan fingerprint density at radius 3 is 2.44 bits per heavy atom. The minimum atomic E-state index is -1.36. The third-order valence-electron chi connectivity index (χ3n) is 5.45. The normalized spacial score (nSPS) is 13.2. The number of pyridine rings is 2. The number of carboxylic acid groups (broad SMARTS) is 1. The summed E-state index contributed by atoms with van der Waals surface area (Å²) in [5, 5.41) is 22.7. The maximum Gasteiger partial charge on any atom is 0.341 e. The van der Waals surface area contributed by atoms with E-state index in [0.29, 0.717) is 5.69 Å². The van der Waals surface area contributed by atoms with Crippen molar-refractivity contribution in [3.8, 4) is 5.88 Å². The maximum atomic E-state index is 13.3. The SMILES string of the molecule is COc1nc2c(cc1N[C@@H](C)c1ccc(F)cc1)c(=O)c(C(=O)O)cn2[C@H](CO)C(C)C. The second-order valence-electron chi connectivity index (χ2n) is 7.91. The standard InChI is InChI=1S/C23H26FN3O5/c1-12(2)19(11-28)27-10-17(23(30)31)20(29)16-9-18(22(32-4)26-21(16)27)25-13(3)14-5-7-15(24)8-6-14/h5-10,12-13,19,25,28H,11H2,1-4H3,(H,30,31)/t13-,19+/m0/s1. The fraction of sp³-hybridized carbons (Fsp3) is 0.348. The summed E-state index contributed by atoms with van der Waals surface area (Å²) in [5.74, 6) is -1.58. The van der Waals surface area contributed by atoms with Gasteiger partial charge >= 0.3 is 5.97 Å². The van der Waals surface area contributed by atoms with Gasteiger partial charge in [-0.25, -0.2) is 9.18 Å². The predicted molar refractivity (Wildman–Crippen MR) is 119 cm³/mol. The number of aliphatic hydroxyl groups excluding tert-OH is 1. The minimum Gasteiger partial charge on any atom is -0.479 e. The van der Waals surface area contributed by atoms with Gasteiger partial charge in [0, 0.05) is 12.2 Å². The van der Waals surface area contributed by atoms with Gasteiger partial charge in [-0.15, -0.1) is 0 Å². The van der Waals surface area contributed by atoms with Crippen LogP contribution in [0.5, 0.6) is 5.88 Å². The van der Waals surface area contributed by atoms with Gasteiger partial charge in [-0.1, -0.05) is 26.0 Å². The molecule has 1 aromatic carbocycles. The first-order chi connectivity index (χ1) is 15.2. The predicted octanol–water partition coefficient (Wildman–Crippen LogP) is 3.60. The molecule has 8 nitrogen and oxygen atoms in total. The summed E-state index contributed by atoms with van der Waals surface area (Å²) in [6, 6.07) is 6.70. The number of carboxylic acids is 1. The van der Waals surface area contributed by atoms with Crippen molar-refractivity contribution in [3.05, 3.63) is 63.7 Å². The van der Waals surface area contributed by atoms with Crippen LogP contribution in [-0.2, 0) is 0 Å². The van der Waals surface area contributed by atoms with E-state index in [1.165, 1.54) is 36.1 Å². The summed E-state index contributed by atoms with van der Waals surface area (Å²) in [6.45, 7) is 5.34. The molecule has 9 heteroatoms. The number of benzene rings is 1. The van der Waals surface area contributed by atoms with E-state index < -0.39 is 23.0 Å². The number of halogens is 1. The van der Waals surface area contributed by atoms with Crippen LogP contribution in [0, 0.1) is 11.7 Å². The molecule has 3 aromatic rings. The number of hydrogen-bond donors (Lipinski definition) is 3. The second-order valence-corrected chi connectivity index (χ2v) is 7.91. The van der Waals surface area contributed by atoms with Gasteiger partial charge in [-0.3, -0.25) is 4.79 Å². The number of hydrogen-bond acceptors (Lipinski definition) is 6. The molecule has 0 aliphatic carbocycles. The average Bonchev–Trinajstić information content (AvgIpc) is 2.75. The number of ether oxygens (including phenoxy) is 1. The Bertz CT molecular complexity index is 1190. The molecule has 2 aromatic heterocycles. The van der Waals surface area contributed by atoms with Crippen molar-refractivity contribution in [1.82, 2.24) is 9.55 Å². The molecular formula is C23H26FN3O5. The quantitative estimate of drug-likeness (QED) is 0.487. The smallest absolute Gasteiger partial charge is 0.341 e. The number of anilines is 1. The van der Waals surface area contributed by atoms with Gasteiger partial charge < -0.3 is 24.8 Å². The van der Waals surface area contributed by atoms with E-state index in [4.69, 9.17) is 4.74 Å². The van der Waals surface area contributed by atoms with Crippen LogP contribution < -0.4 is 15.5 Å². The van der Waals surface area contributed by atoms with Crippen molar-refractivity contribution in [1.29, 1.82) is 0 Å². The Morgan fingerprint density at radius 1 is 1.25 bits per heavy atom. The zero-order valence-corrected chi connectivity index (χ0v) is 18.3. The number of nitrogens with zero attached hydrogens (tertiary/aromatic N) is 2. The highest BCUT2D eigenvalue weighted by Crippen LogP contribution is 2.31. The van der Waals surface area contributed by atoms with Gasteiger partial charge in [0.15, 0.2) is 0 Å². The van der Waals surface area contributed by atoms with Crippen molar-refractivity contribution in [2.75, 3.05) is 19.0 Å². The monoisotopic (exact) mass is 443 g/mol. The Hall–Kier alpha value is -3.46. The van der Waals surface area contributed by atoms with Crippen LogP contribution in [0.2, 0.25) is 0 Å². The number of aromatic carboxylic acids is 1. The Kier molecular flexibility index (Phi) is 6.78. The first kappa shape index (κ1) is 23.2. The van der Waals surface area contributed by atoms with Crippen molar-refractivity contribution >= 4 is 22.7 Å². The molecule has 0 bridgehead atoms. The largest absolute Gasteiger partial charge is 0.479 e. The lowest BCUT2D eigenvalue weighted by Crippen LogP contribution is -2.26. The van der Waals surface area contributed by atoms with Crippen LogP contribution in [0.25, 0.3) is 11.0 Å². The first-order valence-corrected chi connectivity index (χ1v) is 10.2. The van der Waals surface area contributed by atoms with Crippen LogP contribution in [0.4, 0.5) is 10.1 Å². The van der Waals surface area contributed by atoms with Crippen LogP contribution in [0.1, 0.15) is 48.8 Å². The molecule has 0 spiro atoms. The molecule has 3 rings (SSSR count). The molecule has 2 atom stereocenters. The molecule has 170 valence electrons. The van der Waals surface area contributed by atoms with Gasteiger partial charge in [-0.2, -0.15) is 4.98 Å². The third-order valence-corrected chi connectivity index (χ3v) is 5.45. The van der Waals surface area contributed by atoms with Gasteiger partial charge in [0.2, 0.25) is 11.3 Å². The molecule has 0 saturated heterocycles. The van der Waals surface area contributed by atoms with Crippen LogP contribution >= 0.6 is 0 Å². The molecule has 0 fully saturated rings. The fourth-order valence-electron chi connectivity index (χ4n) is 3.61. The number of aliphatic hydroxyl groups is 1. The molecule has 0 radical (unpaired) electrons. The fourth-order valence-corrected chi connectivity index (χ4v) is 3.61. The lowest BCUT2D eigenvalue weighted by atomic mass is 10.0. The van der Waals surface area contributed by atoms with Crippen LogP contribution in [-0.4, -0.2) is 39.5 Å². The Morgan fingerprint density at radius 2 is 1.91 bits per heavy atom. The van der Waals surface area contributed by atoms with E-state index in [1.807, 2.05) is 20.8 Å². The summed E-state index contributed by atoms with van der Waals surface area (Å²) >= 11 is 0. The van der Waals surface area contributed by atoms with Crippen LogP contribution in [0.3, 0.4) is 0 Å². The van der Waals surface area contributed by atoms with Crippen molar-refractivity contribution in [3.63, 3.8) is 0 Å². The zero-order chi connectivity index (χ0) is 23.6. The van der Waals surface area contributed by atoms with Crippen LogP contribution in [0.15, 0.2) is 41.3 Å². The molecule has 0 aliphatic heterocycles. The van der Waals surface area contributed by atoms with Gasteiger partial charge in [0.1, 0.15) is 17.0 Å². The molecule has 0 aliphatic rings. The molecule has 0 amide bonds. The lowest BCUT2D eigenvalue weighted by molar-refractivity contribution is 0.0694. The van der Waals surface area contributed by atoms with Crippen molar-refractivity contribution < 1.29 is 24.1 Å². The van der Waals surface area contributed by atoms with Gasteiger partial charge in [0.25, 0.3) is 0 Å². The number of methoxy groups -OCH3 is 1. The number of carbonyl (C=O) groups is 1. The molecular weight excluding hydrogens is 417 g/mol. The number of aromatic nitrogens is 2. The number of rotatable bonds is 8. The van der Waals surface area contributed by atoms with Gasteiger partial charge in [0.05, 0.1) is 30.8 Å². The van der Waals surface area contributed by atoms with Crippen molar-refractivity contribution in [2.45, 2.75) is 32.9 Å². The van der Waals surface area contributed by atoms with E-state index >= 15 is 0 Å². The van der Waals surface area contributed by atoms with Gasteiger partial charge in [-0.05, 0) is 36.6 Å². The molecule has 2 heterocycles. The highest BCUT2D eigenvalue weighted by Gasteiger charge is 2.24. The third kappa shape index (κ3) is 4.43. The Labute approximate surface area is 184 Å². The highest BCUT2D eigenvalue weighted by molar-refractivity contribution is 5.93. The van der Waals surface area contributed by atoms with Crippen molar-refractivity contribution in [2.24, 2.45) is 5.92 Å². The molecule has 0 saturated carbocycles.